The van der Waals surface area contributed by atoms with E-state index in [9.17, 15) is 0 Å². The highest BCUT2D eigenvalue weighted by atomic mass is 15.1. The van der Waals surface area contributed by atoms with Gasteiger partial charge in [0.1, 0.15) is 0 Å². The highest BCUT2D eigenvalue weighted by Crippen LogP contribution is 2.23. The fourth-order valence-electron chi connectivity index (χ4n) is 5.73. The topological polar surface area (TPSA) is 6.48 Å². The predicted octanol–water partition coefficient (Wildman–Crippen LogP) is 8.79. The maximum absolute atomic E-state index is 2.76. The zero-order chi connectivity index (χ0) is 23.4. The normalized spacial score (nSPS) is 17.8. The van der Waals surface area contributed by atoms with E-state index in [2.05, 4.69) is 44.5 Å². The van der Waals surface area contributed by atoms with Crippen molar-refractivity contribution in [2.24, 2.45) is 17.8 Å². The first-order valence-electron chi connectivity index (χ1n) is 15.0. The fraction of sp³-hybridized carbons (Fsp3) is 1.00. The van der Waals surface area contributed by atoms with Crippen molar-refractivity contribution in [2.45, 2.75) is 137 Å². The lowest BCUT2D eigenvalue weighted by Gasteiger charge is -2.35. The summed E-state index contributed by atoms with van der Waals surface area (Å²) in [7, 11) is 2.40. The molecule has 1 heterocycles. The molecule has 2 unspecified atom stereocenters. The number of piperidine rings is 1. The highest BCUT2D eigenvalue weighted by Gasteiger charge is 2.21. The summed E-state index contributed by atoms with van der Waals surface area (Å²) in [5.41, 5.74) is 0. The van der Waals surface area contributed by atoms with Crippen molar-refractivity contribution in [3.05, 3.63) is 0 Å². The van der Waals surface area contributed by atoms with Crippen LogP contribution in [0.15, 0.2) is 0 Å². The van der Waals surface area contributed by atoms with Crippen molar-refractivity contribution in [3.63, 3.8) is 0 Å². The summed E-state index contributed by atoms with van der Waals surface area (Å²) in [6.07, 6.45) is 24.2. The number of rotatable bonds is 21. The Kier molecular flexibility index (Phi) is 19.0. The van der Waals surface area contributed by atoms with Crippen LogP contribution in [0.3, 0.4) is 0 Å². The van der Waals surface area contributed by atoms with E-state index in [4.69, 9.17) is 0 Å². The molecule has 0 N–H and O–H groups in total. The standard InChI is InChI=1S/C30H62N2/c1-6-9-12-13-14-20-29(19-11-8-3)26-31(5)27-30-21-24-32(25-22-30)23-16-15-18-28(4)17-10-7-2/h28-30H,6-27H2,1-5H3. The molecule has 2 atom stereocenters. The Morgan fingerprint density at radius 1 is 0.719 bits per heavy atom. The Bertz CT molecular complexity index is 388. The van der Waals surface area contributed by atoms with Crippen molar-refractivity contribution in [2.75, 3.05) is 39.8 Å². The molecule has 192 valence electrons. The van der Waals surface area contributed by atoms with Gasteiger partial charge in [-0.25, -0.2) is 0 Å². The van der Waals surface area contributed by atoms with Gasteiger partial charge in [0, 0.05) is 13.1 Å². The van der Waals surface area contributed by atoms with Crippen LogP contribution in [0.4, 0.5) is 0 Å². The molecule has 1 rings (SSSR count). The maximum Gasteiger partial charge on any atom is 0.000767 e. The second-order valence-corrected chi connectivity index (χ2v) is 11.5. The van der Waals surface area contributed by atoms with Crippen molar-refractivity contribution < 1.29 is 0 Å². The molecule has 1 aliphatic rings. The molecule has 1 aliphatic heterocycles. The van der Waals surface area contributed by atoms with E-state index < -0.39 is 0 Å². The molecule has 2 nitrogen and oxygen atoms in total. The molecule has 0 spiro atoms. The summed E-state index contributed by atoms with van der Waals surface area (Å²) in [6, 6.07) is 0. The molecule has 0 bridgehead atoms. The summed E-state index contributed by atoms with van der Waals surface area (Å²) >= 11 is 0. The van der Waals surface area contributed by atoms with E-state index in [0.29, 0.717) is 0 Å². The Balaban J connectivity index is 2.17. The lowest BCUT2D eigenvalue weighted by Crippen LogP contribution is -2.39. The van der Waals surface area contributed by atoms with E-state index in [-0.39, 0.29) is 0 Å². The first kappa shape index (κ1) is 30.0. The molecular formula is C30H62N2. The van der Waals surface area contributed by atoms with E-state index in [0.717, 1.165) is 17.8 Å². The monoisotopic (exact) mass is 450 g/mol. The van der Waals surface area contributed by atoms with Crippen molar-refractivity contribution in [1.82, 2.24) is 9.80 Å². The quantitative estimate of drug-likeness (QED) is 0.161. The molecule has 2 heteroatoms. The highest BCUT2D eigenvalue weighted by molar-refractivity contribution is 4.76. The number of nitrogens with zero attached hydrogens (tertiary/aromatic N) is 2. The van der Waals surface area contributed by atoms with Gasteiger partial charge in [-0.15, -0.1) is 0 Å². The summed E-state index contributed by atoms with van der Waals surface area (Å²) in [4.78, 5) is 5.46. The molecule has 1 saturated heterocycles. The third-order valence-electron chi connectivity index (χ3n) is 8.00. The molecule has 0 aromatic heterocycles. The minimum atomic E-state index is 0.932. The van der Waals surface area contributed by atoms with Gasteiger partial charge in [0.05, 0.1) is 0 Å². The lowest BCUT2D eigenvalue weighted by molar-refractivity contribution is 0.142. The molecular weight excluding hydrogens is 388 g/mol. The van der Waals surface area contributed by atoms with Crippen LogP contribution in [-0.2, 0) is 0 Å². The zero-order valence-electron chi connectivity index (χ0n) is 23.2. The van der Waals surface area contributed by atoms with Gasteiger partial charge in [-0.05, 0) is 76.5 Å². The van der Waals surface area contributed by atoms with Crippen LogP contribution in [0.25, 0.3) is 0 Å². The van der Waals surface area contributed by atoms with Gasteiger partial charge in [0.15, 0.2) is 0 Å². The van der Waals surface area contributed by atoms with Gasteiger partial charge >= 0.3 is 0 Å². The van der Waals surface area contributed by atoms with E-state index >= 15 is 0 Å². The van der Waals surface area contributed by atoms with Crippen molar-refractivity contribution in [3.8, 4) is 0 Å². The second-order valence-electron chi connectivity index (χ2n) is 11.5. The molecule has 32 heavy (non-hydrogen) atoms. The molecule has 0 aliphatic carbocycles. The first-order chi connectivity index (χ1) is 15.6. The van der Waals surface area contributed by atoms with Crippen LogP contribution < -0.4 is 0 Å². The number of likely N-dealkylation sites (tertiary alicyclic amines) is 1. The van der Waals surface area contributed by atoms with E-state index in [1.807, 2.05) is 0 Å². The maximum atomic E-state index is 2.76. The van der Waals surface area contributed by atoms with Crippen molar-refractivity contribution >= 4 is 0 Å². The lowest BCUT2D eigenvalue weighted by atomic mass is 9.92. The third kappa shape index (κ3) is 15.7. The van der Waals surface area contributed by atoms with E-state index in [1.165, 1.54) is 142 Å². The zero-order valence-corrected chi connectivity index (χ0v) is 23.2. The minimum Gasteiger partial charge on any atom is -0.306 e. The Labute approximate surface area is 204 Å². The van der Waals surface area contributed by atoms with E-state index in [1.54, 1.807) is 0 Å². The number of unbranched alkanes of at least 4 members (excludes halogenated alkanes) is 7. The summed E-state index contributed by atoms with van der Waals surface area (Å²) in [6.45, 7) is 16.2. The molecule has 1 fully saturated rings. The molecule has 0 aromatic carbocycles. The van der Waals surface area contributed by atoms with Gasteiger partial charge in [0.25, 0.3) is 0 Å². The van der Waals surface area contributed by atoms with Crippen LogP contribution in [0.2, 0.25) is 0 Å². The molecule has 0 radical (unpaired) electrons. The summed E-state index contributed by atoms with van der Waals surface area (Å²) in [5.74, 6) is 2.80. The first-order valence-corrected chi connectivity index (χ1v) is 15.0. The Morgan fingerprint density at radius 2 is 1.28 bits per heavy atom. The van der Waals surface area contributed by atoms with Gasteiger partial charge < -0.3 is 9.80 Å². The van der Waals surface area contributed by atoms with Crippen LogP contribution in [0.1, 0.15) is 137 Å². The van der Waals surface area contributed by atoms with Gasteiger partial charge in [-0.2, -0.15) is 0 Å². The van der Waals surface area contributed by atoms with Crippen LogP contribution in [0, 0.1) is 17.8 Å². The molecule has 0 saturated carbocycles. The van der Waals surface area contributed by atoms with Gasteiger partial charge in [-0.3, -0.25) is 0 Å². The number of hydrogen-bond donors (Lipinski definition) is 0. The Hall–Kier alpha value is -0.0800. The fourth-order valence-corrected chi connectivity index (χ4v) is 5.73. The SMILES string of the molecule is CCCCCCCC(CCCC)CN(C)CC1CCN(CCCCC(C)CCCC)CC1. The van der Waals surface area contributed by atoms with Crippen LogP contribution >= 0.6 is 0 Å². The minimum absolute atomic E-state index is 0.932. The largest absolute Gasteiger partial charge is 0.306 e. The average Bonchev–Trinajstić information content (AvgIpc) is 2.79. The molecule has 0 amide bonds. The smallest absolute Gasteiger partial charge is 0.000767 e. The predicted molar refractivity (Wildman–Crippen MR) is 146 cm³/mol. The van der Waals surface area contributed by atoms with Gasteiger partial charge in [-0.1, -0.05) is 105 Å². The summed E-state index contributed by atoms with van der Waals surface area (Å²) < 4.78 is 0. The van der Waals surface area contributed by atoms with Crippen LogP contribution in [-0.4, -0.2) is 49.6 Å². The molecule has 0 aromatic rings. The average molecular weight is 451 g/mol. The summed E-state index contributed by atoms with van der Waals surface area (Å²) in [5, 5.41) is 0. The second kappa shape index (κ2) is 20.3. The Morgan fingerprint density at radius 3 is 1.97 bits per heavy atom. The van der Waals surface area contributed by atoms with Crippen LogP contribution in [0.5, 0.6) is 0 Å². The number of hydrogen-bond acceptors (Lipinski definition) is 2. The van der Waals surface area contributed by atoms with Crippen molar-refractivity contribution in [1.29, 1.82) is 0 Å². The van der Waals surface area contributed by atoms with Gasteiger partial charge in [0.2, 0.25) is 0 Å². The third-order valence-corrected chi connectivity index (χ3v) is 8.00.